The van der Waals surface area contributed by atoms with Crippen molar-refractivity contribution in [2.24, 2.45) is 5.92 Å². The molecule has 7 heteroatoms. The fourth-order valence-corrected chi connectivity index (χ4v) is 5.81. The van der Waals surface area contributed by atoms with Crippen LogP contribution in [0.1, 0.15) is 40.5 Å². The third kappa shape index (κ3) is 5.93. The molecule has 1 atom stereocenters. The number of rotatable bonds is 9. The van der Waals surface area contributed by atoms with Crippen LogP contribution in [0.25, 0.3) is 0 Å². The molecule has 5 rings (SSSR count). The van der Waals surface area contributed by atoms with Crippen molar-refractivity contribution in [3.63, 3.8) is 0 Å². The van der Waals surface area contributed by atoms with Crippen molar-refractivity contribution in [1.82, 2.24) is 9.80 Å². The summed E-state index contributed by atoms with van der Waals surface area (Å²) in [6, 6.07) is 17.3. The summed E-state index contributed by atoms with van der Waals surface area (Å²) in [4.78, 5) is 31.9. The molecule has 188 valence electrons. The Morgan fingerprint density at radius 2 is 1.94 bits per heavy atom. The van der Waals surface area contributed by atoms with Gasteiger partial charge in [-0.2, -0.15) is 0 Å². The molecule has 5 nitrogen and oxygen atoms in total. The van der Waals surface area contributed by atoms with Crippen molar-refractivity contribution in [3.05, 3.63) is 86.6 Å². The predicted octanol–water partition coefficient (Wildman–Crippen LogP) is 5.70. The number of halogens is 1. The highest BCUT2D eigenvalue weighted by molar-refractivity contribution is 7.10. The number of carbonyl (C=O) groups is 2. The maximum Gasteiger partial charge on any atom is 0.242 e. The van der Waals surface area contributed by atoms with Gasteiger partial charge in [-0.15, -0.1) is 11.3 Å². The maximum atomic E-state index is 13.7. The van der Waals surface area contributed by atoms with Crippen molar-refractivity contribution in [1.29, 1.82) is 0 Å². The molecule has 2 amide bonds. The van der Waals surface area contributed by atoms with Crippen molar-refractivity contribution in [3.8, 4) is 5.75 Å². The van der Waals surface area contributed by atoms with Crippen LogP contribution in [-0.4, -0.2) is 47.9 Å². The highest BCUT2D eigenvalue weighted by Crippen LogP contribution is 2.35. The van der Waals surface area contributed by atoms with Gasteiger partial charge >= 0.3 is 0 Å². The highest BCUT2D eigenvalue weighted by atomic mass is 35.5. The minimum absolute atomic E-state index is 0.0131. The minimum Gasteiger partial charge on any atom is -0.491 e. The first-order chi connectivity index (χ1) is 17.5. The van der Waals surface area contributed by atoms with Crippen LogP contribution in [0.5, 0.6) is 5.75 Å². The van der Waals surface area contributed by atoms with Crippen LogP contribution in [0.2, 0.25) is 5.02 Å². The van der Waals surface area contributed by atoms with E-state index in [1.165, 1.54) is 4.88 Å². The molecule has 0 bridgehead atoms. The van der Waals surface area contributed by atoms with Gasteiger partial charge in [0.15, 0.2) is 0 Å². The van der Waals surface area contributed by atoms with E-state index >= 15 is 0 Å². The number of hydrogen-bond donors (Lipinski definition) is 0. The van der Waals surface area contributed by atoms with Crippen LogP contribution < -0.4 is 4.74 Å². The average Bonchev–Trinajstić information content (AvgIpc) is 3.57. The fourth-order valence-electron chi connectivity index (χ4n) is 4.76. The number of hydrogen-bond acceptors (Lipinski definition) is 4. The molecule has 0 spiro atoms. The summed E-state index contributed by atoms with van der Waals surface area (Å²) in [6.45, 7) is 3.70. The summed E-state index contributed by atoms with van der Waals surface area (Å²) in [7, 11) is 0. The summed E-state index contributed by atoms with van der Waals surface area (Å²) < 4.78 is 6.17. The van der Waals surface area contributed by atoms with E-state index in [1.54, 1.807) is 16.2 Å². The van der Waals surface area contributed by atoms with E-state index in [1.807, 2.05) is 60.4 Å². The standard InChI is InChI=1S/C29H31ClN2O3S/c1-20-15-23(9-10-25(20)30)35-19-26-24-12-14-36-27(24)11-13-32(26)29(34)18-31(17-22-7-8-22)28(33)16-21-5-3-2-4-6-21/h2-6,9-10,12,14-15,22,26H,7-8,11,13,16-19H2,1H3. The first kappa shape index (κ1) is 24.8. The Balaban J connectivity index is 1.31. The van der Waals surface area contributed by atoms with Gasteiger partial charge in [0, 0.05) is 23.0 Å². The number of ether oxygens (including phenoxy) is 1. The topological polar surface area (TPSA) is 49.9 Å². The molecule has 1 aromatic heterocycles. The summed E-state index contributed by atoms with van der Waals surface area (Å²) in [5.41, 5.74) is 3.07. The highest BCUT2D eigenvalue weighted by Gasteiger charge is 2.35. The number of amides is 2. The first-order valence-corrected chi connectivity index (χ1v) is 13.8. The second-order valence-electron chi connectivity index (χ2n) is 9.75. The molecule has 2 aromatic carbocycles. The SMILES string of the molecule is Cc1cc(OCC2c3ccsc3CCN2C(=O)CN(CC2CC2)C(=O)Cc2ccccc2)ccc1Cl. The molecule has 3 aromatic rings. The zero-order valence-corrected chi connectivity index (χ0v) is 22.1. The number of thiophene rings is 1. The molecule has 2 aliphatic rings. The van der Waals surface area contributed by atoms with Crippen molar-refractivity contribution < 1.29 is 14.3 Å². The zero-order chi connectivity index (χ0) is 25.1. The quantitative estimate of drug-likeness (QED) is 0.362. The third-order valence-corrected chi connectivity index (χ3v) is 8.43. The van der Waals surface area contributed by atoms with Gasteiger partial charge in [-0.05, 0) is 78.4 Å². The van der Waals surface area contributed by atoms with Crippen molar-refractivity contribution in [2.45, 2.75) is 38.6 Å². The van der Waals surface area contributed by atoms with E-state index in [9.17, 15) is 9.59 Å². The first-order valence-electron chi connectivity index (χ1n) is 12.5. The molecule has 1 unspecified atom stereocenters. The fraction of sp³-hybridized carbons (Fsp3) is 0.379. The summed E-state index contributed by atoms with van der Waals surface area (Å²) >= 11 is 7.90. The normalized spacial score (nSPS) is 16.9. The molecule has 1 fully saturated rings. The van der Waals surface area contributed by atoms with Gasteiger partial charge in [-0.1, -0.05) is 41.9 Å². The Morgan fingerprint density at radius 3 is 2.69 bits per heavy atom. The Hall–Kier alpha value is -2.83. The van der Waals surface area contributed by atoms with Crippen LogP contribution in [-0.2, 0) is 22.4 Å². The van der Waals surface area contributed by atoms with Crippen LogP contribution in [0.15, 0.2) is 60.0 Å². The van der Waals surface area contributed by atoms with Crippen LogP contribution >= 0.6 is 22.9 Å². The van der Waals surface area contributed by atoms with Crippen LogP contribution in [0.3, 0.4) is 0 Å². The van der Waals surface area contributed by atoms with Gasteiger partial charge in [0.2, 0.25) is 11.8 Å². The lowest BCUT2D eigenvalue weighted by molar-refractivity contribution is -0.142. The Kier molecular flexibility index (Phi) is 7.63. The van der Waals surface area contributed by atoms with Gasteiger partial charge in [0.25, 0.3) is 0 Å². The minimum atomic E-state index is -0.185. The molecule has 36 heavy (non-hydrogen) atoms. The molecule has 1 aliphatic carbocycles. The molecule has 0 radical (unpaired) electrons. The summed E-state index contributed by atoms with van der Waals surface area (Å²) in [6.07, 6.45) is 3.40. The Morgan fingerprint density at radius 1 is 1.14 bits per heavy atom. The Labute approximate surface area is 221 Å². The van der Waals surface area contributed by atoms with Gasteiger partial charge in [0.05, 0.1) is 19.0 Å². The smallest absolute Gasteiger partial charge is 0.242 e. The number of benzene rings is 2. The zero-order valence-electron chi connectivity index (χ0n) is 20.5. The lowest BCUT2D eigenvalue weighted by Gasteiger charge is -2.37. The lowest BCUT2D eigenvalue weighted by atomic mass is 10.00. The van der Waals surface area contributed by atoms with Crippen molar-refractivity contribution >= 4 is 34.8 Å². The van der Waals surface area contributed by atoms with E-state index < -0.39 is 0 Å². The second-order valence-corrected chi connectivity index (χ2v) is 11.2. The molecule has 0 N–H and O–H groups in total. The predicted molar refractivity (Wildman–Crippen MR) is 144 cm³/mol. The van der Waals surface area contributed by atoms with E-state index in [0.29, 0.717) is 37.1 Å². The molecule has 1 aliphatic heterocycles. The van der Waals surface area contributed by atoms with Crippen molar-refractivity contribution in [2.75, 3.05) is 26.2 Å². The monoisotopic (exact) mass is 522 g/mol. The molecular formula is C29H31ClN2O3S. The third-order valence-electron chi connectivity index (χ3n) is 7.00. The van der Waals surface area contributed by atoms with Crippen LogP contribution in [0, 0.1) is 12.8 Å². The largest absolute Gasteiger partial charge is 0.491 e. The van der Waals surface area contributed by atoms with E-state index in [-0.39, 0.29) is 24.4 Å². The van der Waals surface area contributed by atoms with Gasteiger partial charge in [-0.25, -0.2) is 0 Å². The summed E-state index contributed by atoms with van der Waals surface area (Å²) in [5.74, 6) is 1.24. The molecular weight excluding hydrogens is 492 g/mol. The summed E-state index contributed by atoms with van der Waals surface area (Å²) in [5, 5.41) is 2.79. The molecule has 2 heterocycles. The number of nitrogens with zero attached hydrogens (tertiary/aromatic N) is 2. The van der Waals surface area contributed by atoms with Crippen LogP contribution in [0.4, 0.5) is 0 Å². The lowest BCUT2D eigenvalue weighted by Crippen LogP contribution is -2.48. The van der Waals surface area contributed by atoms with Gasteiger partial charge in [-0.3, -0.25) is 9.59 Å². The number of aryl methyl sites for hydroxylation is 1. The molecule has 1 saturated carbocycles. The second kappa shape index (κ2) is 11.1. The van der Waals surface area contributed by atoms with Gasteiger partial charge < -0.3 is 14.5 Å². The van der Waals surface area contributed by atoms with E-state index in [2.05, 4.69) is 11.4 Å². The number of carbonyl (C=O) groups excluding carboxylic acids is 2. The maximum absolute atomic E-state index is 13.7. The van der Waals surface area contributed by atoms with Gasteiger partial charge in [0.1, 0.15) is 12.4 Å². The van der Waals surface area contributed by atoms with E-state index in [0.717, 1.165) is 41.7 Å². The average molecular weight is 523 g/mol. The Bertz CT molecular complexity index is 1220. The van der Waals surface area contributed by atoms with E-state index in [4.69, 9.17) is 16.3 Å². The molecule has 0 saturated heterocycles. The number of fused-ring (bicyclic) bond motifs is 1.